The third kappa shape index (κ3) is 21.3. The van der Waals surface area contributed by atoms with Crippen molar-refractivity contribution in [2.45, 2.75) is 53.7 Å². The Bertz CT molecular complexity index is 94.6. The van der Waals surface area contributed by atoms with Crippen LogP contribution < -0.4 is 0 Å². The number of hydrogen-bond donors (Lipinski definition) is 3. The Balaban J connectivity index is 0. The van der Waals surface area contributed by atoms with Gasteiger partial charge in [-0.15, -0.1) is 0 Å². The summed E-state index contributed by atoms with van der Waals surface area (Å²) in [6.45, 7) is 4.70. The van der Waals surface area contributed by atoms with Crippen molar-refractivity contribution in [1.82, 2.24) is 0 Å². The van der Waals surface area contributed by atoms with Gasteiger partial charge in [-0.2, -0.15) is 25.3 Å². The Morgan fingerprint density at radius 2 is 1.60 bits per heavy atom. The van der Waals surface area contributed by atoms with E-state index in [4.69, 9.17) is 5.11 Å². The fraction of sp³-hybridized carbons (Fsp3) is 1.00. The molecule has 0 amide bonds. The zero-order valence-electron chi connectivity index (χ0n) is 10.1. The Hall–Kier alpha value is 1.46. The fourth-order valence-electron chi connectivity index (χ4n) is 0.786. The van der Waals surface area contributed by atoms with Gasteiger partial charge in [0.1, 0.15) is 0 Å². The van der Waals surface area contributed by atoms with Gasteiger partial charge in [-0.25, -0.2) is 0 Å². The van der Waals surface area contributed by atoms with E-state index in [2.05, 4.69) is 39.1 Å². The minimum Gasteiger partial charge on any atom is -0.395 e. The number of unbranched alkanes of at least 4 members (excludes halogenated alkanes) is 2. The number of aliphatic hydroxyl groups is 1. The van der Waals surface area contributed by atoms with Crippen LogP contribution in [-0.4, -0.2) is 43.9 Å². The molecule has 0 saturated heterocycles. The standard InChI is InChI=1S/2C4H9.C3H8OS2.Sn/c2*1-3-4-2;4-1-3(6)2-5;/h2*1,3-4H2,2H3;3-6H,1-2H2;. The zero-order valence-corrected chi connectivity index (χ0v) is 14.7. The number of hydrogen-bond acceptors (Lipinski definition) is 3. The molecule has 0 aliphatic heterocycles. The van der Waals surface area contributed by atoms with Crippen LogP contribution >= 0.6 is 25.3 Å². The summed E-state index contributed by atoms with van der Waals surface area (Å²) < 4.78 is 3.25. The molecule has 1 nitrogen and oxygen atoms in total. The summed E-state index contributed by atoms with van der Waals surface area (Å²) in [5.41, 5.74) is 0. The van der Waals surface area contributed by atoms with Gasteiger partial charge in [0.05, 0.1) is 6.61 Å². The Morgan fingerprint density at radius 3 is 1.80 bits per heavy atom. The number of aliphatic hydroxyl groups excluding tert-OH is 1. The van der Waals surface area contributed by atoms with Crippen LogP contribution in [0, 0.1) is 0 Å². The van der Waals surface area contributed by atoms with Gasteiger partial charge in [-0.05, 0) is 0 Å². The molecule has 0 saturated carbocycles. The molecule has 0 aromatic rings. The van der Waals surface area contributed by atoms with Gasteiger partial charge in [0, 0.05) is 11.0 Å². The Morgan fingerprint density at radius 1 is 1.13 bits per heavy atom. The van der Waals surface area contributed by atoms with Crippen molar-refractivity contribution in [1.29, 1.82) is 0 Å². The van der Waals surface area contributed by atoms with Gasteiger partial charge in [-0.1, -0.05) is 0 Å². The summed E-state index contributed by atoms with van der Waals surface area (Å²) in [5.74, 6) is 0.639. The molecule has 0 aromatic heterocycles. The van der Waals surface area contributed by atoms with Gasteiger partial charge >= 0.3 is 69.5 Å². The van der Waals surface area contributed by atoms with E-state index in [9.17, 15) is 0 Å². The van der Waals surface area contributed by atoms with E-state index in [1.54, 1.807) is 8.87 Å². The summed E-state index contributed by atoms with van der Waals surface area (Å²) in [4.78, 5) is 0. The molecule has 2 radical (unpaired) electrons. The normalized spacial score (nSPS) is 11.8. The molecule has 1 unspecified atom stereocenters. The molecule has 0 aliphatic carbocycles. The summed E-state index contributed by atoms with van der Waals surface area (Å²) >= 11 is 7.91. The molecule has 1 N–H and O–H groups in total. The van der Waals surface area contributed by atoms with Crippen LogP contribution in [0.1, 0.15) is 39.5 Å². The topological polar surface area (TPSA) is 20.2 Å². The maximum atomic E-state index is 8.21. The van der Waals surface area contributed by atoms with Crippen molar-refractivity contribution in [2.24, 2.45) is 0 Å². The van der Waals surface area contributed by atoms with Crippen LogP contribution in [0.15, 0.2) is 0 Å². The van der Waals surface area contributed by atoms with Crippen LogP contribution in [0.3, 0.4) is 0 Å². The molecule has 15 heavy (non-hydrogen) atoms. The van der Waals surface area contributed by atoms with Gasteiger partial charge in [0.2, 0.25) is 0 Å². The maximum Gasteiger partial charge on any atom is 0.0555 e. The SMILES string of the molecule is CCC[CH2][Sn][CH2]CCC.OCC(S)CS. The first-order chi connectivity index (χ1) is 7.22. The van der Waals surface area contributed by atoms with E-state index in [-0.39, 0.29) is 33.0 Å². The third-order valence-corrected chi connectivity index (χ3v) is 6.95. The Kier molecular flexibility index (Phi) is 22.4. The molecule has 0 aliphatic rings. The van der Waals surface area contributed by atoms with Gasteiger partial charge in [0.25, 0.3) is 0 Å². The summed E-state index contributed by atoms with van der Waals surface area (Å²) in [5, 5.41) is 8.26. The van der Waals surface area contributed by atoms with Crippen molar-refractivity contribution in [3.05, 3.63) is 0 Å². The quantitative estimate of drug-likeness (QED) is 0.346. The van der Waals surface area contributed by atoms with Crippen LogP contribution in [0.2, 0.25) is 8.87 Å². The summed E-state index contributed by atoms with van der Waals surface area (Å²) in [6.07, 6.45) is 5.84. The molecular formula is C11H26OS2Sn. The van der Waals surface area contributed by atoms with Crippen LogP contribution in [-0.2, 0) is 0 Å². The predicted molar refractivity (Wildman–Crippen MR) is 78.9 cm³/mol. The monoisotopic (exact) mass is 358 g/mol. The smallest absolute Gasteiger partial charge is 0.0555 e. The van der Waals surface area contributed by atoms with E-state index in [1.807, 2.05) is 0 Å². The summed E-state index contributed by atoms with van der Waals surface area (Å²) in [7, 11) is 0. The third-order valence-electron chi connectivity index (χ3n) is 1.84. The molecule has 0 heterocycles. The van der Waals surface area contributed by atoms with E-state index >= 15 is 0 Å². The second-order valence-corrected chi connectivity index (χ2v) is 8.85. The molecule has 0 rings (SSSR count). The van der Waals surface area contributed by atoms with Crippen molar-refractivity contribution in [3.63, 3.8) is 0 Å². The first kappa shape index (κ1) is 18.8. The minimum absolute atomic E-state index is 0.0494. The molecule has 4 heteroatoms. The molecule has 92 valence electrons. The molecule has 0 fully saturated rings. The fourth-order valence-corrected chi connectivity index (χ4v) is 5.06. The van der Waals surface area contributed by atoms with Gasteiger partial charge in [-0.3, -0.25) is 0 Å². The largest absolute Gasteiger partial charge is 0.395 e. The van der Waals surface area contributed by atoms with E-state index in [1.165, 1.54) is 25.7 Å². The average molecular weight is 357 g/mol. The van der Waals surface area contributed by atoms with Crippen molar-refractivity contribution in [3.8, 4) is 0 Å². The zero-order chi connectivity index (χ0) is 11.9. The molecule has 0 bridgehead atoms. The van der Waals surface area contributed by atoms with Crippen molar-refractivity contribution >= 4 is 46.4 Å². The second-order valence-electron chi connectivity index (χ2n) is 3.48. The van der Waals surface area contributed by atoms with Crippen LogP contribution in [0.25, 0.3) is 0 Å². The minimum atomic E-state index is 0.0494. The van der Waals surface area contributed by atoms with Crippen molar-refractivity contribution in [2.75, 3.05) is 12.4 Å². The van der Waals surface area contributed by atoms with E-state index < -0.39 is 0 Å². The van der Waals surface area contributed by atoms with Crippen molar-refractivity contribution < 1.29 is 5.11 Å². The summed E-state index contributed by atoms with van der Waals surface area (Å²) in [6, 6.07) is 0. The van der Waals surface area contributed by atoms with E-state index in [0.717, 1.165) is 0 Å². The van der Waals surface area contributed by atoms with Crippen LogP contribution in [0.4, 0.5) is 0 Å². The molecular weight excluding hydrogens is 331 g/mol. The Labute approximate surface area is 117 Å². The maximum absolute atomic E-state index is 8.21. The number of rotatable bonds is 8. The molecule has 0 spiro atoms. The van der Waals surface area contributed by atoms with Gasteiger partial charge < -0.3 is 5.11 Å². The second kappa shape index (κ2) is 17.8. The molecule has 1 atom stereocenters. The first-order valence-corrected chi connectivity index (χ1v) is 11.0. The average Bonchev–Trinajstić information content (AvgIpc) is 2.29. The predicted octanol–water partition coefficient (Wildman–Crippen LogP) is 3.33. The molecule has 0 aromatic carbocycles. The number of thiol groups is 2. The van der Waals surface area contributed by atoms with Crippen LogP contribution in [0.5, 0.6) is 0 Å². The van der Waals surface area contributed by atoms with E-state index in [0.29, 0.717) is 5.75 Å². The van der Waals surface area contributed by atoms with Gasteiger partial charge in [0.15, 0.2) is 0 Å². The first-order valence-electron chi connectivity index (χ1n) is 5.83.